The number of hydrogen-bond acceptors (Lipinski definition) is 1. The van der Waals surface area contributed by atoms with E-state index in [9.17, 15) is 4.79 Å². The molecule has 0 radical (unpaired) electrons. The molecule has 1 saturated carbocycles. The average Bonchev–Trinajstić information content (AvgIpc) is 2.29. The normalized spacial score (nSPS) is 17.4. The van der Waals surface area contributed by atoms with E-state index in [1.807, 2.05) is 12.1 Å². The number of carbonyl (C=O) groups is 1. The van der Waals surface area contributed by atoms with Crippen LogP contribution in [0.4, 0.5) is 0 Å². The van der Waals surface area contributed by atoms with Crippen molar-refractivity contribution in [2.24, 2.45) is 5.92 Å². The Morgan fingerprint density at radius 1 is 1.25 bits per heavy atom. The smallest absolute Gasteiger partial charge is 0.167 e. The molecule has 0 aliphatic heterocycles. The lowest BCUT2D eigenvalue weighted by atomic mass is 9.84. The second-order valence-electron chi connectivity index (χ2n) is 4.32. The SMILES string of the molecule is O=C(c1ccc(Br)cc1Cl)C1CCCCC1. The summed E-state index contributed by atoms with van der Waals surface area (Å²) < 4.78 is 0.915. The van der Waals surface area contributed by atoms with Gasteiger partial charge in [0, 0.05) is 16.0 Å². The maximum Gasteiger partial charge on any atom is 0.167 e. The fraction of sp³-hybridized carbons (Fsp3) is 0.462. The summed E-state index contributed by atoms with van der Waals surface area (Å²) in [5.41, 5.74) is 0.678. The number of benzene rings is 1. The van der Waals surface area contributed by atoms with Gasteiger partial charge in [-0.2, -0.15) is 0 Å². The number of ketones is 1. The molecule has 0 unspecified atom stereocenters. The van der Waals surface area contributed by atoms with Gasteiger partial charge in [0.15, 0.2) is 5.78 Å². The zero-order valence-corrected chi connectivity index (χ0v) is 11.4. The zero-order valence-electron chi connectivity index (χ0n) is 9.01. The molecular weight excluding hydrogens is 287 g/mol. The highest BCUT2D eigenvalue weighted by atomic mass is 79.9. The Morgan fingerprint density at radius 3 is 2.56 bits per heavy atom. The highest BCUT2D eigenvalue weighted by Gasteiger charge is 2.23. The summed E-state index contributed by atoms with van der Waals surface area (Å²) >= 11 is 9.44. The van der Waals surface area contributed by atoms with Gasteiger partial charge < -0.3 is 0 Å². The van der Waals surface area contributed by atoms with E-state index in [4.69, 9.17) is 11.6 Å². The van der Waals surface area contributed by atoms with Crippen LogP contribution in [0.1, 0.15) is 42.5 Å². The van der Waals surface area contributed by atoms with Gasteiger partial charge in [0.1, 0.15) is 0 Å². The van der Waals surface area contributed by atoms with Gasteiger partial charge in [0.25, 0.3) is 0 Å². The largest absolute Gasteiger partial charge is 0.294 e. The van der Waals surface area contributed by atoms with Gasteiger partial charge in [-0.1, -0.05) is 46.8 Å². The van der Waals surface area contributed by atoms with Crippen LogP contribution in [0.3, 0.4) is 0 Å². The first-order valence-electron chi connectivity index (χ1n) is 5.68. The molecule has 1 fully saturated rings. The molecule has 1 aromatic carbocycles. The summed E-state index contributed by atoms with van der Waals surface area (Å²) in [6.07, 6.45) is 5.64. The highest BCUT2D eigenvalue weighted by Crippen LogP contribution is 2.30. The van der Waals surface area contributed by atoms with Gasteiger partial charge in [-0.3, -0.25) is 4.79 Å². The van der Waals surface area contributed by atoms with Crippen molar-refractivity contribution < 1.29 is 4.79 Å². The van der Waals surface area contributed by atoms with Gasteiger partial charge in [0.05, 0.1) is 5.02 Å². The third kappa shape index (κ3) is 2.67. The zero-order chi connectivity index (χ0) is 11.5. The Bertz CT molecular complexity index is 397. The third-order valence-electron chi connectivity index (χ3n) is 3.17. The van der Waals surface area contributed by atoms with E-state index in [-0.39, 0.29) is 11.7 Å². The number of halogens is 2. The third-order valence-corrected chi connectivity index (χ3v) is 3.98. The Hall–Kier alpha value is -0.340. The molecule has 1 aliphatic carbocycles. The van der Waals surface area contributed by atoms with Crippen molar-refractivity contribution in [3.63, 3.8) is 0 Å². The van der Waals surface area contributed by atoms with E-state index in [1.54, 1.807) is 6.07 Å². The van der Waals surface area contributed by atoms with Crippen LogP contribution in [-0.2, 0) is 0 Å². The number of Topliss-reactive ketones (excluding diaryl/α,β-unsaturated/α-hetero) is 1. The van der Waals surface area contributed by atoms with E-state index in [0.717, 1.165) is 17.3 Å². The molecule has 1 nitrogen and oxygen atoms in total. The lowest BCUT2D eigenvalue weighted by Gasteiger charge is -2.20. The maximum atomic E-state index is 12.2. The average molecular weight is 302 g/mol. The molecular formula is C13H14BrClO. The van der Waals surface area contributed by atoms with Crippen molar-refractivity contribution in [2.45, 2.75) is 32.1 Å². The summed E-state index contributed by atoms with van der Waals surface area (Å²) in [4.78, 5) is 12.2. The maximum absolute atomic E-state index is 12.2. The predicted molar refractivity (Wildman–Crippen MR) is 70.1 cm³/mol. The fourth-order valence-corrected chi connectivity index (χ4v) is 3.04. The molecule has 2 rings (SSSR count). The van der Waals surface area contributed by atoms with Crippen molar-refractivity contribution in [1.82, 2.24) is 0 Å². The quantitative estimate of drug-likeness (QED) is 0.713. The van der Waals surface area contributed by atoms with E-state index in [0.29, 0.717) is 10.6 Å². The lowest BCUT2D eigenvalue weighted by molar-refractivity contribution is 0.0889. The van der Waals surface area contributed by atoms with Gasteiger partial charge in [0.2, 0.25) is 0 Å². The van der Waals surface area contributed by atoms with Gasteiger partial charge in [-0.25, -0.2) is 0 Å². The molecule has 86 valence electrons. The molecule has 0 N–H and O–H groups in total. The van der Waals surface area contributed by atoms with Crippen LogP contribution in [0.5, 0.6) is 0 Å². The monoisotopic (exact) mass is 300 g/mol. The van der Waals surface area contributed by atoms with E-state index >= 15 is 0 Å². The number of hydrogen-bond donors (Lipinski definition) is 0. The van der Waals surface area contributed by atoms with Gasteiger partial charge in [-0.15, -0.1) is 0 Å². The molecule has 0 heterocycles. The van der Waals surface area contributed by atoms with Crippen LogP contribution in [0.15, 0.2) is 22.7 Å². The van der Waals surface area contributed by atoms with E-state index in [2.05, 4.69) is 15.9 Å². The first-order chi connectivity index (χ1) is 7.68. The molecule has 1 aromatic rings. The molecule has 0 atom stereocenters. The van der Waals surface area contributed by atoms with Crippen molar-refractivity contribution in [2.75, 3.05) is 0 Å². The van der Waals surface area contributed by atoms with E-state index < -0.39 is 0 Å². The molecule has 3 heteroatoms. The molecule has 1 aliphatic rings. The number of rotatable bonds is 2. The van der Waals surface area contributed by atoms with Crippen molar-refractivity contribution >= 4 is 33.3 Å². The molecule has 16 heavy (non-hydrogen) atoms. The summed E-state index contributed by atoms with van der Waals surface area (Å²) in [5.74, 6) is 0.407. The Labute approximate surface area is 109 Å². The molecule has 0 saturated heterocycles. The minimum atomic E-state index is 0.187. The minimum Gasteiger partial charge on any atom is -0.294 e. The van der Waals surface area contributed by atoms with Gasteiger partial charge in [-0.05, 0) is 31.0 Å². The van der Waals surface area contributed by atoms with E-state index in [1.165, 1.54) is 19.3 Å². The van der Waals surface area contributed by atoms with Crippen molar-refractivity contribution in [3.05, 3.63) is 33.3 Å². The van der Waals surface area contributed by atoms with Crippen molar-refractivity contribution in [1.29, 1.82) is 0 Å². The molecule has 0 amide bonds. The summed E-state index contributed by atoms with van der Waals surface area (Å²) in [6.45, 7) is 0. The second kappa shape index (κ2) is 5.33. The number of carbonyl (C=O) groups excluding carboxylic acids is 1. The summed E-state index contributed by atoms with van der Waals surface area (Å²) in [6, 6.07) is 5.49. The minimum absolute atomic E-state index is 0.187. The standard InChI is InChI=1S/C13H14BrClO/c14-10-6-7-11(12(15)8-10)13(16)9-4-2-1-3-5-9/h6-9H,1-5H2. The topological polar surface area (TPSA) is 17.1 Å². The molecule has 0 bridgehead atoms. The first-order valence-corrected chi connectivity index (χ1v) is 6.85. The highest BCUT2D eigenvalue weighted by molar-refractivity contribution is 9.10. The van der Waals surface area contributed by atoms with Crippen LogP contribution < -0.4 is 0 Å². The first kappa shape index (κ1) is 12.1. The van der Waals surface area contributed by atoms with Crippen LogP contribution in [0.25, 0.3) is 0 Å². The van der Waals surface area contributed by atoms with Crippen LogP contribution in [0, 0.1) is 5.92 Å². The van der Waals surface area contributed by atoms with Crippen LogP contribution >= 0.6 is 27.5 Å². The van der Waals surface area contributed by atoms with Crippen LogP contribution in [0.2, 0.25) is 5.02 Å². The fourth-order valence-electron chi connectivity index (χ4n) is 2.27. The lowest BCUT2D eigenvalue weighted by Crippen LogP contribution is -2.18. The van der Waals surface area contributed by atoms with Crippen molar-refractivity contribution in [3.8, 4) is 0 Å². The predicted octanol–water partition coefficient (Wildman–Crippen LogP) is 4.87. The molecule has 0 aromatic heterocycles. The van der Waals surface area contributed by atoms with Crippen LogP contribution in [-0.4, -0.2) is 5.78 Å². The van der Waals surface area contributed by atoms with Gasteiger partial charge >= 0.3 is 0 Å². The Morgan fingerprint density at radius 2 is 1.94 bits per heavy atom. The Balaban J connectivity index is 2.19. The Kier molecular flexibility index (Phi) is 4.04. The summed E-state index contributed by atoms with van der Waals surface area (Å²) in [7, 11) is 0. The summed E-state index contributed by atoms with van der Waals surface area (Å²) in [5, 5.41) is 0.560. The molecule has 0 spiro atoms. The second-order valence-corrected chi connectivity index (χ2v) is 5.65.